The Balaban J connectivity index is 2.15. The predicted octanol–water partition coefficient (Wildman–Crippen LogP) is 3.32. The number of benzene rings is 1. The molecule has 1 aromatic carbocycles. The molecular formula is C15H19ClN2O2. The zero-order chi connectivity index (χ0) is 14.9. The maximum Gasteiger partial charge on any atom is 0.131 e. The van der Waals surface area contributed by atoms with Crippen molar-refractivity contribution in [3.05, 3.63) is 45.7 Å². The number of rotatable bonds is 4. The molecule has 1 aromatic heterocycles. The van der Waals surface area contributed by atoms with Crippen LogP contribution in [0.1, 0.15) is 35.5 Å². The van der Waals surface area contributed by atoms with E-state index >= 15 is 0 Å². The first kappa shape index (κ1) is 14.9. The average Bonchev–Trinajstić information content (AvgIpc) is 2.62. The lowest BCUT2D eigenvalue weighted by atomic mass is 10.1. The lowest BCUT2D eigenvalue weighted by Gasteiger charge is -2.12. The number of halogens is 1. The molecule has 108 valence electrons. The zero-order valence-electron chi connectivity index (χ0n) is 12.1. The number of aliphatic hydroxyl groups excluding tert-OH is 1. The van der Waals surface area contributed by atoms with E-state index in [2.05, 4.69) is 5.10 Å². The fourth-order valence-corrected chi connectivity index (χ4v) is 2.29. The molecule has 2 rings (SSSR count). The summed E-state index contributed by atoms with van der Waals surface area (Å²) in [5.74, 6) is 0.782. The van der Waals surface area contributed by atoms with Crippen LogP contribution < -0.4 is 4.74 Å². The van der Waals surface area contributed by atoms with Gasteiger partial charge in [-0.3, -0.25) is 4.68 Å². The van der Waals surface area contributed by atoms with Crippen molar-refractivity contribution in [1.29, 1.82) is 0 Å². The lowest BCUT2D eigenvalue weighted by molar-refractivity contribution is 0.199. The van der Waals surface area contributed by atoms with Crippen LogP contribution in [0.15, 0.2) is 18.2 Å². The summed E-state index contributed by atoms with van der Waals surface area (Å²) in [4.78, 5) is 0. The lowest BCUT2D eigenvalue weighted by Crippen LogP contribution is -2.04. The van der Waals surface area contributed by atoms with Crippen molar-refractivity contribution >= 4 is 11.6 Å². The first-order valence-corrected chi connectivity index (χ1v) is 6.87. The van der Waals surface area contributed by atoms with Crippen LogP contribution in [0.5, 0.6) is 5.75 Å². The van der Waals surface area contributed by atoms with Crippen molar-refractivity contribution in [3.8, 4) is 5.75 Å². The fraction of sp³-hybridized carbons (Fsp3) is 0.400. The van der Waals surface area contributed by atoms with E-state index in [4.69, 9.17) is 16.3 Å². The highest BCUT2D eigenvalue weighted by Gasteiger charge is 2.12. The summed E-state index contributed by atoms with van der Waals surface area (Å²) in [6, 6.07) is 5.66. The van der Waals surface area contributed by atoms with Gasteiger partial charge in [0.05, 0.1) is 22.5 Å². The maximum atomic E-state index is 9.55. The van der Waals surface area contributed by atoms with Crippen molar-refractivity contribution in [2.45, 2.75) is 33.5 Å². The van der Waals surface area contributed by atoms with E-state index in [-0.39, 0.29) is 0 Å². The molecule has 0 saturated heterocycles. The van der Waals surface area contributed by atoms with E-state index in [0.29, 0.717) is 11.6 Å². The fourth-order valence-electron chi connectivity index (χ4n) is 2.08. The van der Waals surface area contributed by atoms with Gasteiger partial charge in [-0.05, 0) is 44.0 Å². The molecule has 1 atom stereocenters. The Bertz CT molecular complexity index is 621. The molecule has 0 aliphatic heterocycles. The maximum absolute atomic E-state index is 9.55. The third-order valence-electron chi connectivity index (χ3n) is 3.31. The normalized spacial score (nSPS) is 12.5. The minimum absolute atomic E-state index is 0.366. The molecule has 1 N–H and O–H groups in total. The summed E-state index contributed by atoms with van der Waals surface area (Å²) in [6.07, 6.45) is -0.475. The summed E-state index contributed by atoms with van der Waals surface area (Å²) in [7, 11) is 1.85. The number of aromatic nitrogens is 2. The van der Waals surface area contributed by atoms with Crippen LogP contribution in [0.2, 0.25) is 5.02 Å². The molecule has 0 saturated carbocycles. The van der Waals surface area contributed by atoms with Crippen LogP contribution in [0.3, 0.4) is 0 Å². The molecule has 0 aliphatic rings. The second-order valence-corrected chi connectivity index (χ2v) is 5.34. The second-order valence-electron chi connectivity index (χ2n) is 4.96. The first-order chi connectivity index (χ1) is 9.40. The van der Waals surface area contributed by atoms with Crippen molar-refractivity contribution < 1.29 is 9.84 Å². The van der Waals surface area contributed by atoms with Gasteiger partial charge in [0.15, 0.2) is 0 Å². The third-order valence-corrected chi connectivity index (χ3v) is 3.80. The molecule has 0 fully saturated rings. The summed E-state index contributed by atoms with van der Waals surface area (Å²) in [6.45, 7) is 5.93. The number of nitrogens with zero attached hydrogens (tertiary/aromatic N) is 2. The van der Waals surface area contributed by atoms with Gasteiger partial charge in [0.25, 0.3) is 0 Å². The molecule has 0 spiro atoms. The number of ether oxygens (including phenoxy) is 1. The third kappa shape index (κ3) is 2.97. The molecule has 4 nitrogen and oxygen atoms in total. The highest BCUT2D eigenvalue weighted by Crippen LogP contribution is 2.25. The Hall–Kier alpha value is -1.52. The number of aliphatic hydroxyl groups is 1. The largest absolute Gasteiger partial charge is 0.487 e. The molecule has 0 amide bonds. The van der Waals surface area contributed by atoms with Crippen LogP contribution >= 0.6 is 11.6 Å². The SMILES string of the molecule is Cc1cc([C@H](C)O)ccc1OCc1c(Cl)c(C)nn1C. The number of hydrogen-bond acceptors (Lipinski definition) is 3. The van der Waals surface area contributed by atoms with Gasteiger partial charge in [-0.2, -0.15) is 5.10 Å². The molecule has 0 aliphatic carbocycles. The minimum Gasteiger partial charge on any atom is -0.487 e. The molecule has 2 aromatic rings. The van der Waals surface area contributed by atoms with Gasteiger partial charge in [0.1, 0.15) is 12.4 Å². The van der Waals surface area contributed by atoms with E-state index < -0.39 is 6.10 Å². The topological polar surface area (TPSA) is 47.3 Å². The molecule has 20 heavy (non-hydrogen) atoms. The monoisotopic (exact) mass is 294 g/mol. The Kier molecular flexibility index (Phi) is 4.35. The summed E-state index contributed by atoms with van der Waals surface area (Å²) >= 11 is 6.19. The Morgan fingerprint density at radius 2 is 2.10 bits per heavy atom. The predicted molar refractivity (Wildman–Crippen MR) is 79.1 cm³/mol. The van der Waals surface area contributed by atoms with Gasteiger partial charge in [0.2, 0.25) is 0 Å². The van der Waals surface area contributed by atoms with Gasteiger partial charge >= 0.3 is 0 Å². The molecule has 0 unspecified atom stereocenters. The highest BCUT2D eigenvalue weighted by molar-refractivity contribution is 6.31. The summed E-state index contributed by atoms with van der Waals surface area (Å²) in [5, 5.41) is 14.5. The van der Waals surface area contributed by atoms with E-state index in [0.717, 1.165) is 28.3 Å². The summed E-state index contributed by atoms with van der Waals surface area (Å²) < 4.78 is 7.54. The van der Waals surface area contributed by atoms with Crippen molar-refractivity contribution in [3.63, 3.8) is 0 Å². The molecule has 0 bridgehead atoms. The van der Waals surface area contributed by atoms with Crippen LogP contribution in [-0.2, 0) is 13.7 Å². The van der Waals surface area contributed by atoms with Crippen LogP contribution in [0.4, 0.5) is 0 Å². The minimum atomic E-state index is -0.475. The number of hydrogen-bond donors (Lipinski definition) is 1. The Morgan fingerprint density at radius 3 is 2.60 bits per heavy atom. The Labute approximate surface area is 123 Å². The standard InChI is InChI=1S/C15H19ClN2O2/c1-9-7-12(11(3)19)5-6-14(9)20-8-13-15(16)10(2)17-18(13)4/h5-7,11,19H,8H2,1-4H3/t11-/m0/s1. The smallest absolute Gasteiger partial charge is 0.131 e. The summed E-state index contributed by atoms with van der Waals surface area (Å²) in [5.41, 5.74) is 3.51. The highest BCUT2D eigenvalue weighted by atomic mass is 35.5. The van der Waals surface area contributed by atoms with E-state index in [1.165, 1.54) is 0 Å². The van der Waals surface area contributed by atoms with Gasteiger partial charge in [-0.25, -0.2) is 0 Å². The Morgan fingerprint density at radius 1 is 1.40 bits per heavy atom. The zero-order valence-corrected chi connectivity index (χ0v) is 12.9. The number of aryl methyl sites for hydroxylation is 3. The molecular weight excluding hydrogens is 276 g/mol. The van der Waals surface area contributed by atoms with Crippen LogP contribution in [0, 0.1) is 13.8 Å². The van der Waals surface area contributed by atoms with Crippen molar-refractivity contribution in [1.82, 2.24) is 9.78 Å². The quantitative estimate of drug-likeness (QED) is 0.941. The van der Waals surface area contributed by atoms with Gasteiger partial charge in [-0.15, -0.1) is 0 Å². The van der Waals surface area contributed by atoms with Gasteiger partial charge < -0.3 is 9.84 Å². The van der Waals surface area contributed by atoms with Crippen LogP contribution in [0.25, 0.3) is 0 Å². The van der Waals surface area contributed by atoms with Gasteiger partial charge in [-0.1, -0.05) is 17.7 Å². The van der Waals surface area contributed by atoms with E-state index in [1.807, 2.05) is 39.1 Å². The second kappa shape index (κ2) is 5.85. The van der Waals surface area contributed by atoms with E-state index in [1.54, 1.807) is 11.6 Å². The molecule has 1 heterocycles. The average molecular weight is 295 g/mol. The van der Waals surface area contributed by atoms with Crippen molar-refractivity contribution in [2.75, 3.05) is 0 Å². The first-order valence-electron chi connectivity index (χ1n) is 6.49. The van der Waals surface area contributed by atoms with Crippen LogP contribution in [-0.4, -0.2) is 14.9 Å². The van der Waals surface area contributed by atoms with Crippen molar-refractivity contribution in [2.24, 2.45) is 7.05 Å². The molecule has 0 radical (unpaired) electrons. The van der Waals surface area contributed by atoms with Gasteiger partial charge in [0, 0.05) is 7.05 Å². The molecule has 5 heteroatoms. The van der Waals surface area contributed by atoms with E-state index in [9.17, 15) is 5.11 Å².